The summed E-state index contributed by atoms with van der Waals surface area (Å²) in [6.07, 6.45) is 6.08. The number of rotatable bonds is 9. The molecule has 0 radical (unpaired) electrons. The van der Waals surface area contributed by atoms with E-state index in [2.05, 4.69) is 43.3 Å². The second kappa shape index (κ2) is 8.10. The summed E-state index contributed by atoms with van der Waals surface area (Å²) >= 11 is 0. The van der Waals surface area contributed by atoms with Crippen molar-refractivity contribution in [2.45, 2.75) is 51.9 Å². The van der Waals surface area contributed by atoms with Crippen LogP contribution >= 0.6 is 0 Å². The van der Waals surface area contributed by atoms with Crippen molar-refractivity contribution in [2.24, 2.45) is 0 Å². The molecule has 0 aromatic heterocycles. The molecule has 28 heavy (non-hydrogen) atoms. The SMILES string of the molecule is CCCCCCCC(=O)CC(=O)c1ccc2ccc3cccc4ccc1c2c34. The molecule has 4 aromatic carbocycles. The second-order valence-electron chi connectivity index (χ2n) is 7.77. The molecule has 0 aliphatic heterocycles. The normalized spacial score (nSPS) is 11.6. The summed E-state index contributed by atoms with van der Waals surface area (Å²) in [5, 5.41) is 6.80. The molecule has 0 N–H and O–H groups in total. The number of carbonyl (C=O) groups excluding carboxylic acids is 2. The zero-order valence-electron chi connectivity index (χ0n) is 16.5. The van der Waals surface area contributed by atoms with E-state index < -0.39 is 0 Å². The molecule has 0 spiro atoms. The van der Waals surface area contributed by atoms with E-state index in [-0.39, 0.29) is 18.0 Å². The van der Waals surface area contributed by atoms with Crippen LogP contribution in [-0.2, 0) is 4.79 Å². The van der Waals surface area contributed by atoms with Crippen molar-refractivity contribution < 1.29 is 9.59 Å². The summed E-state index contributed by atoms with van der Waals surface area (Å²) in [6.45, 7) is 2.18. The van der Waals surface area contributed by atoms with Crippen molar-refractivity contribution in [3.05, 3.63) is 60.2 Å². The van der Waals surface area contributed by atoms with Gasteiger partial charge in [-0.2, -0.15) is 0 Å². The largest absolute Gasteiger partial charge is 0.299 e. The number of ketones is 2. The van der Waals surface area contributed by atoms with E-state index in [1.807, 2.05) is 18.2 Å². The third kappa shape index (κ3) is 3.52. The molecule has 0 saturated carbocycles. The Morgan fingerprint density at radius 3 is 2.11 bits per heavy atom. The standard InChI is InChI=1S/C26H26O2/c1-2-3-4-5-6-10-21(27)17-24(28)22-15-13-20-12-11-18-8-7-9-19-14-16-23(22)26(20)25(18)19/h7-9,11-16H,2-6,10,17H2,1H3. The van der Waals surface area contributed by atoms with E-state index in [0.717, 1.165) is 29.0 Å². The van der Waals surface area contributed by atoms with Gasteiger partial charge < -0.3 is 0 Å². The van der Waals surface area contributed by atoms with Crippen LogP contribution < -0.4 is 0 Å². The van der Waals surface area contributed by atoms with E-state index in [0.29, 0.717) is 12.0 Å². The Morgan fingerprint density at radius 1 is 0.714 bits per heavy atom. The zero-order chi connectivity index (χ0) is 19.5. The van der Waals surface area contributed by atoms with E-state index in [9.17, 15) is 9.59 Å². The van der Waals surface area contributed by atoms with E-state index in [1.54, 1.807) is 0 Å². The number of Topliss-reactive ketones (excluding diaryl/α,β-unsaturated/α-hetero) is 2. The lowest BCUT2D eigenvalue weighted by Gasteiger charge is -2.13. The monoisotopic (exact) mass is 370 g/mol. The van der Waals surface area contributed by atoms with Gasteiger partial charge in [0.15, 0.2) is 5.78 Å². The van der Waals surface area contributed by atoms with Crippen molar-refractivity contribution in [3.8, 4) is 0 Å². The number of hydrogen-bond acceptors (Lipinski definition) is 2. The average molecular weight is 370 g/mol. The van der Waals surface area contributed by atoms with Gasteiger partial charge in [-0.25, -0.2) is 0 Å². The molecule has 0 heterocycles. The highest BCUT2D eigenvalue weighted by atomic mass is 16.1. The van der Waals surface area contributed by atoms with Crippen molar-refractivity contribution in [1.29, 1.82) is 0 Å². The molecule has 0 atom stereocenters. The van der Waals surface area contributed by atoms with Crippen LogP contribution in [0.3, 0.4) is 0 Å². The van der Waals surface area contributed by atoms with Crippen LogP contribution in [-0.4, -0.2) is 11.6 Å². The Kier molecular flexibility index (Phi) is 5.38. The lowest BCUT2D eigenvalue weighted by molar-refractivity contribution is -0.118. The Morgan fingerprint density at radius 2 is 1.36 bits per heavy atom. The first-order chi connectivity index (χ1) is 13.7. The van der Waals surface area contributed by atoms with E-state index in [1.165, 1.54) is 35.4 Å². The number of unbranched alkanes of at least 4 members (excludes halogenated alkanes) is 4. The number of hydrogen-bond donors (Lipinski definition) is 0. The molecule has 0 aliphatic carbocycles. The molecule has 4 aromatic rings. The summed E-state index contributed by atoms with van der Waals surface area (Å²) < 4.78 is 0. The average Bonchev–Trinajstić information content (AvgIpc) is 2.71. The van der Waals surface area contributed by atoms with Crippen LogP contribution in [0.1, 0.15) is 62.2 Å². The summed E-state index contributed by atoms with van der Waals surface area (Å²) in [4.78, 5) is 25.2. The molecular formula is C26H26O2. The van der Waals surface area contributed by atoms with Gasteiger partial charge in [-0.05, 0) is 38.7 Å². The summed E-state index contributed by atoms with van der Waals surface area (Å²) in [5.74, 6) is 0.00341. The predicted molar refractivity (Wildman–Crippen MR) is 117 cm³/mol. The Hall–Kier alpha value is -2.74. The quantitative estimate of drug-likeness (QED) is 0.136. The third-order valence-electron chi connectivity index (χ3n) is 5.75. The van der Waals surface area contributed by atoms with Gasteiger partial charge in [-0.15, -0.1) is 0 Å². The van der Waals surface area contributed by atoms with Gasteiger partial charge in [0.2, 0.25) is 0 Å². The Balaban J connectivity index is 1.60. The van der Waals surface area contributed by atoms with Crippen molar-refractivity contribution in [1.82, 2.24) is 0 Å². The maximum Gasteiger partial charge on any atom is 0.170 e. The highest BCUT2D eigenvalue weighted by Gasteiger charge is 2.17. The molecule has 0 unspecified atom stereocenters. The van der Waals surface area contributed by atoms with Crippen LogP contribution in [0.15, 0.2) is 54.6 Å². The van der Waals surface area contributed by atoms with Crippen LogP contribution in [0.2, 0.25) is 0 Å². The number of carbonyl (C=O) groups is 2. The summed E-state index contributed by atoms with van der Waals surface area (Å²) in [6, 6.07) is 18.5. The fourth-order valence-corrected chi connectivity index (χ4v) is 4.27. The van der Waals surface area contributed by atoms with Gasteiger partial charge in [0, 0.05) is 12.0 Å². The molecule has 0 amide bonds. The zero-order valence-corrected chi connectivity index (χ0v) is 16.5. The van der Waals surface area contributed by atoms with Crippen LogP contribution in [0.5, 0.6) is 0 Å². The van der Waals surface area contributed by atoms with E-state index in [4.69, 9.17) is 0 Å². The van der Waals surface area contributed by atoms with Gasteiger partial charge in [0.1, 0.15) is 5.78 Å². The minimum absolute atomic E-state index is 0.0117. The second-order valence-corrected chi connectivity index (χ2v) is 7.77. The number of benzene rings is 4. The highest BCUT2D eigenvalue weighted by molar-refractivity contribution is 6.27. The van der Waals surface area contributed by atoms with Crippen molar-refractivity contribution in [2.75, 3.05) is 0 Å². The maximum atomic E-state index is 12.9. The topological polar surface area (TPSA) is 34.1 Å². The van der Waals surface area contributed by atoms with Gasteiger partial charge >= 0.3 is 0 Å². The van der Waals surface area contributed by atoms with Gasteiger partial charge in [0.25, 0.3) is 0 Å². The van der Waals surface area contributed by atoms with E-state index >= 15 is 0 Å². The smallest absolute Gasteiger partial charge is 0.170 e. The van der Waals surface area contributed by atoms with Crippen LogP contribution in [0.25, 0.3) is 32.3 Å². The van der Waals surface area contributed by atoms with Gasteiger partial charge in [-0.3, -0.25) is 9.59 Å². The molecule has 2 heteroatoms. The fourth-order valence-electron chi connectivity index (χ4n) is 4.27. The first-order valence-corrected chi connectivity index (χ1v) is 10.4. The molecule has 2 nitrogen and oxygen atoms in total. The summed E-state index contributed by atoms with van der Waals surface area (Å²) in [5.41, 5.74) is 0.671. The van der Waals surface area contributed by atoms with Gasteiger partial charge in [-0.1, -0.05) is 87.2 Å². The molecular weight excluding hydrogens is 344 g/mol. The van der Waals surface area contributed by atoms with Gasteiger partial charge in [0.05, 0.1) is 6.42 Å². The predicted octanol–water partition coefficient (Wildman–Crippen LogP) is 7.09. The molecule has 0 bridgehead atoms. The third-order valence-corrected chi connectivity index (χ3v) is 5.75. The van der Waals surface area contributed by atoms with Crippen molar-refractivity contribution >= 4 is 43.9 Å². The minimum atomic E-state index is -0.0588. The molecule has 0 aliphatic rings. The lowest BCUT2D eigenvalue weighted by atomic mass is 9.90. The lowest BCUT2D eigenvalue weighted by Crippen LogP contribution is -2.09. The first-order valence-electron chi connectivity index (χ1n) is 10.4. The molecule has 4 rings (SSSR count). The fraction of sp³-hybridized carbons (Fsp3) is 0.308. The highest BCUT2D eigenvalue weighted by Crippen LogP contribution is 2.36. The molecule has 142 valence electrons. The first kappa shape index (κ1) is 18.6. The van der Waals surface area contributed by atoms with Crippen LogP contribution in [0, 0.1) is 0 Å². The molecule has 0 saturated heterocycles. The van der Waals surface area contributed by atoms with Crippen LogP contribution in [0.4, 0.5) is 0 Å². The summed E-state index contributed by atoms with van der Waals surface area (Å²) in [7, 11) is 0. The Labute approximate surface area is 165 Å². The van der Waals surface area contributed by atoms with Crippen molar-refractivity contribution in [3.63, 3.8) is 0 Å². The molecule has 0 fully saturated rings. The maximum absolute atomic E-state index is 12.9. The Bertz CT molecular complexity index is 1120. The minimum Gasteiger partial charge on any atom is -0.299 e.